The Hall–Kier alpha value is -1.68. The molecule has 1 N–H and O–H groups in total. The van der Waals surface area contributed by atoms with Gasteiger partial charge >= 0.3 is 5.97 Å². The van der Waals surface area contributed by atoms with E-state index in [0.29, 0.717) is 5.09 Å². The fraction of sp³-hybridized carbons (Fsp3) is 0.267. The minimum absolute atomic E-state index is 0.00628. The molecular formula is C15H16O3S. The summed E-state index contributed by atoms with van der Waals surface area (Å²) in [6.07, 6.45) is 3.30. The van der Waals surface area contributed by atoms with Crippen molar-refractivity contribution in [3.8, 4) is 0 Å². The number of benzene rings is 1. The van der Waals surface area contributed by atoms with Gasteiger partial charge in [-0.15, -0.1) is 0 Å². The minimum Gasteiger partial charge on any atom is -0.475 e. The number of thioether (sulfide) groups is 1. The fourth-order valence-corrected chi connectivity index (χ4v) is 2.62. The van der Waals surface area contributed by atoms with Gasteiger partial charge < -0.3 is 9.52 Å². The first-order chi connectivity index (χ1) is 9.25. The van der Waals surface area contributed by atoms with Gasteiger partial charge in [0, 0.05) is 5.75 Å². The first kappa shape index (κ1) is 13.7. The maximum absolute atomic E-state index is 10.6. The lowest BCUT2D eigenvalue weighted by atomic mass is 10.1. The number of aryl methyl sites for hydroxylation is 1. The van der Waals surface area contributed by atoms with Crippen molar-refractivity contribution >= 4 is 17.7 Å². The summed E-state index contributed by atoms with van der Waals surface area (Å²) in [7, 11) is 0. The van der Waals surface area contributed by atoms with Crippen molar-refractivity contribution in [1.82, 2.24) is 0 Å². The molecule has 2 aromatic rings. The lowest BCUT2D eigenvalue weighted by Crippen LogP contribution is -1.91. The summed E-state index contributed by atoms with van der Waals surface area (Å²) in [5, 5.41) is 9.41. The molecule has 0 unspecified atom stereocenters. The highest BCUT2D eigenvalue weighted by Crippen LogP contribution is 2.22. The van der Waals surface area contributed by atoms with Crippen LogP contribution in [0.4, 0.5) is 0 Å². The fourth-order valence-electron chi connectivity index (χ4n) is 1.76. The van der Waals surface area contributed by atoms with Crippen molar-refractivity contribution < 1.29 is 14.3 Å². The second-order valence-corrected chi connectivity index (χ2v) is 5.31. The monoisotopic (exact) mass is 276 g/mol. The molecule has 0 radical (unpaired) electrons. The number of aromatic carboxylic acids is 1. The van der Waals surface area contributed by atoms with Gasteiger partial charge in [0.1, 0.15) is 0 Å². The van der Waals surface area contributed by atoms with Gasteiger partial charge in [-0.05, 0) is 37.0 Å². The summed E-state index contributed by atoms with van der Waals surface area (Å²) in [4.78, 5) is 10.6. The number of carboxylic acid groups (broad SMARTS) is 1. The highest BCUT2D eigenvalue weighted by Gasteiger charge is 2.08. The van der Waals surface area contributed by atoms with Crippen LogP contribution in [0.25, 0.3) is 0 Å². The Morgan fingerprint density at radius 1 is 1.11 bits per heavy atom. The molecule has 0 aliphatic rings. The highest BCUT2D eigenvalue weighted by molar-refractivity contribution is 7.99. The van der Waals surface area contributed by atoms with Gasteiger partial charge in [0.15, 0.2) is 5.09 Å². The van der Waals surface area contributed by atoms with Crippen LogP contribution in [0, 0.1) is 0 Å². The van der Waals surface area contributed by atoms with Gasteiger partial charge in [0.2, 0.25) is 5.76 Å². The van der Waals surface area contributed by atoms with Crippen LogP contribution >= 0.6 is 11.8 Å². The van der Waals surface area contributed by atoms with E-state index in [4.69, 9.17) is 9.52 Å². The van der Waals surface area contributed by atoms with E-state index in [1.165, 1.54) is 11.6 Å². The van der Waals surface area contributed by atoms with Crippen LogP contribution in [-0.4, -0.2) is 16.8 Å². The summed E-state index contributed by atoms with van der Waals surface area (Å²) < 4.78 is 5.17. The summed E-state index contributed by atoms with van der Waals surface area (Å²) in [6.45, 7) is 0. The Labute approximate surface area is 116 Å². The molecule has 0 bridgehead atoms. The Morgan fingerprint density at radius 3 is 2.58 bits per heavy atom. The van der Waals surface area contributed by atoms with Crippen molar-refractivity contribution in [2.45, 2.75) is 24.4 Å². The van der Waals surface area contributed by atoms with Crippen LogP contribution in [0.2, 0.25) is 0 Å². The average molecular weight is 276 g/mol. The summed E-state index contributed by atoms with van der Waals surface area (Å²) >= 11 is 1.56. The molecule has 0 spiro atoms. The Morgan fingerprint density at radius 2 is 1.89 bits per heavy atom. The van der Waals surface area contributed by atoms with E-state index >= 15 is 0 Å². The van der Waals surface area contributed by atoms with Gasteiger partial charge in [-0.3, -0.25) is 0 Å². The summed E-state index contributed by atoms with van der Waals surface area (Å²) in [5.41, 5.74) is 1.36. The first-order valence-electron chi connectivity index (χ1n) is 6.25. The zero-order chi connectivity index (χ0) is 13.5. The van der Waals surface area contributed by atoms with E-state index in [0.717, 1.165) is 25.0 Å². The standard InChI is InChI=1S/C15H16O3S/c16-15(17)13-9-10-14(18-13)19-11-5-4-8-12-6-2-1-3-7-12/h1-3,6-7,9-10H,4-5,8,11H2,(H,16,17). The average Bonchev–Trinajstić information content (AvgIpc) is 2.89. The number of carbonyl (C=O) groups is 1. The smallest absolute Gasteiger partial charge is 0.371 e. The first-order valence-corrected chi connectivity index (χ1v) is 7.24. The van der Waals surface area contributed by atoms with Gasteiger partial charge in [-0.25, -0.2) is 4.79 Å². The molecule has 1 heterocycles. The Bertz CT molecular complexity index is 519. The quantitative estimate of drug-likeness (QED) is 0.611. The second kappa shape index (κ2) is 7.04. The summed E-state index contributed by atoms with van der Waals surface area (Å²) in [5.74, 6) is -0.0675. The molecule has 0 amide bonds. The molecule has 3 nitrogen and oxygen atoms in total. The van der Waals surface area contributed by atoms with E-state index in [1.807, 2.05) is 6.07 Å². The molecule has 0 atom stereocenters. The van der Waals surface area contributed by atoms with Crippen LogP contribution in [-0.2, 0) is 6.42 Å². The lowest BCUT2D eigenvalue weighted by Gasteiger charge is -2.00. The number of rotatable bonds is 7. The molecule has 1 aromatic heterocycles. The largest absolute Gasteiger partial charge is 0.475 e. The summed E-state index contributed by atoms with van der Waals surface area (Å²) in [6, 6.07) is 13.6. The molecule has 4 heteroatoms. The molecule has 0 saturated heterocycles. The van der Waals surface area contributed by atoms with Crippen molar-refractivity contribution in [2.24, 2.45) is 0 Å². The van der Waals surface area contributed by atoms with Crippen LogP contribution in [0.3, 0.4) is 0 Å². The van der Waals surface area contributed by atoms with Crippen LogP contribution in [0.5, 0.6) is 0 Å². The third kappa shape index (κ3) is 4.48. The minimum atomic E-state index is -1.02. The molecular weight excluding hydrogens is 260 g/mol. The molecule has 0 aliphatic heterocycles. The van der Waals surface area contributed by atoms with Crippen molar-refractivity contribution in [2.75, 3.05) is 5.75 Å². The predicted molar refractivity (Wildman–Crippen MR) is 75.8 cm³/mol. The van der Waals surface area contributed by atoms with E-state index in [1.54, 1.807) is 17.8 Å². The predicted octanol–water partition coefficient (Wildman–Crippen LogP) is 4.09. The maximum atomic E-state index is 10.6. The number of unbranched alkanes of at least 4 members (excludes halogenated alkanes) is 1. The normalized spacial score (nSPS) is 10.5. The van der Waals surface area contributed by atoms with Gasteiger partial charge in [0.05, 0.1) is 0 Å². The Kier molecular flexibility index (Phi) is 5.10. The zero-order valence-corrected chi connectivity index (χ0v) is 11.4. The molecule has 19 heavy (non-hydrogen) atoms. The Balaban J connectivity index is 1.65. The second-order valence-electron chi connectivity index (χ2n) is 4.22. The van der Waals surface area contributed by atoms with Crippen molar-refractivity contribution in [3.05, 3.63) is 53.8 Å². The van der Waals surface area contributed by atoms with Gasteiger partial charge in [0.25, 0.3) is 0 Å². The number of hydrogen-bond acceptors (Lipinski definition) is 3. The zero-order valence-electron chi connectivity index (χ0n) is 10.5. The maximum Gasteiger partial charge on any atom is 0.371 e. The third-order valence-electron chi connectivity index (χ3n) is 2.74. The lowest BCUT2D eigenvalue weighted by molar-refractivity contribution is 0.0656. The van der Waals surface area contributed by atoms with E-state index in [9.17, 15) is 4.79 Å². The molecule has 0 fully saturated rings. The molecule has 0 saturated carbocycles. The highest BCUT2D eigenvalue weighted by atomic mass is 32.2. The molecule has 1 aromatic carbocycles. The third-order valence-corrected chi connectivity index (χ3v) is 3.74. The van der Waals surface area contributed by atoms with Crippen molar-refractivity contribution in [1.29, 1.82) is 0 Å². The number of carboxylic acids is 1. The van der Waals surface area contributed by atoms with Gasteiger partial charge in [-0.1, -0.05) is 42.1 Å². The van der Waals surface area contributed by atoms with Crippen LogP contribution in [0.1, 0.15) is 29.0 Å². The molecule has 0 aliphatic carbocycles. The number of hydrogen-bond donors (Lipinski definition) is 1. The molecule has 100 valence electrons. The topological polar surface area (TPSA) is 50.4 Å². The van der Waals surface area contributed by atoms with Gasteiger partial charge in [-0.2, -0.15) is 0 Å². The van der Waals surface area contributed by atoms with E-state index in [-0.39, 0.29) is 5.76 Å². The van der Waals surface area contributed by atoms with E-state index in [2.05, 4.69) is 24.3 Å². The molecule has 2 rings (SSSR count). The van der Waals surface area contributed by atoms with Crippen molar-refractivity contribution in [3.63, 3.8) is 0 Å². The van der Waals surface area contributed by atoms with Crippen LogP contribution in [0.15, 0.2) is 52.0 Å². The van der Waals surface area contributed by atoms with Crippen LogP contribution < -0.4 is 0 Å². The SMILES string of the molecule is O=C(O)c1ccc(SCCCCc2ccccc2)o1. The van der Waals surface area contributed by atoms with E-state index < -0.39 is 5.97 Å². The number of furan rings is 1.